The number of ether oxygens (including phenoxy) is 2. The maximum Gasteiger partial charge on any atom is 0.411 e. The monoisotopic (exact) mass is 327 g/mol. The van der Waals surface area contributed by atoms with Gasteiger partial charge in [-0.3, -0.25) is 4.90 Å². The van der Waals surface area contributed by atoms with Crippen LogP contribution in [0.3, 0.4) is 0 Å². The number of amides is 1. The maximum absolute atomic E-state index is 12.2. The molecule has 5 nitrogen and oxygen atoms in total. The molecule has 1 atom stereocenters. The lowest BCUT2D eigenvalue weighted by atomic mass is 10.0. The number of halogens is 1. The number of hydrogen-bond acceptors (Lipinski definition) is 4. The lowest BCUT2D eigenvalue weighted by Gasteiger charge is -2.30. The molecule has 6 heteroatoms. The van der Waals surface area contributed by atoms with Gasteiger partial charge in [-0.05, 0) is 51.0 Å². The Balaban J connectivity index is 3.18. The van der Waals surface area contributed by atoms with Crippen LogP contribution in [-0.4, -0.2) is 36.7 Å². The Kier molecular flexibility index (Phi) is 5.83. The van der Waals surface area contributed by atoms with E-state index in [0.717, 1.165) is 5.56 Å². The first-order valence-corrected chi connectivity index (χ1v) is 7.24. The van der Waals surface area contributed by atoms with E-state index >= 15 is 0 Å². The molecule has 1 unspecified atom stereocenters. The Bertz CT molecular complexity index is 566. The average Bonchev–Trinajstić information content (AvgIpc) is 2.38. The first-order chi connectivity index (χ1) is 10.1. The largest absolute Gasteiger partial charge is 0.467 e. The van der Waals surface area contributed by atoms with E-state index in [2.05, 4.69) is 0 Å². The average molecular weight is 328 g/mol. The predicted octanol–water partition coefficient (Wildman–Crippen LogP) is 3.73. The Morgan fingerprint density at radius 1 is 1.27 bits per heavy atom. The van der Waals surface area contributed by atoms with Crippen molar-refractivity contribution < 1.29 is 19.1 Å². The molecule has 0 spiro atoms. The van der Waals surface area contributed by atoms with Crippen LogP contribution >= 0.6 is 11.6 Å². The highest BCUT2D eigenvalue weighted by atomic mass is 35.5. The van der Waals surface area contributed by atoms with Gasteiger partial charge in [-0.25, -0.2) is 9.59 Å². The number of methoxy groups -OCH3 is 1. The molecule has 0 fully saturated rings. The van der Waals surface area contributed by atoms with E-state index in [0.29, 0.717) is 10.6 Å². The molecule has 0 saturated carbocycles. The fraction of sp³-hybridized carbons (Fsp3) is 0.500. The van der Waals surface area contributed by atoms with Crippen LogP contribution < -0.4 is 0 Å². The third-order valence-electron chi connectivity index (χ3n) is 3.02. The number of rotatable bonds is 3. The SMILES string of the molecule is COC(=O)C(c1ccc(Cl)cc1C)N(C)C(=O)OC(C)(C)C. The van der Waals surface area contributed by atoms with Gasteiger partial charge in [0.15, 0.2) is 6.04 Å². The Morgan fingerprint density at radius 2 is 1.86 bits per heavy atom. The quantitative estimate of drug-likeness (QED) is 0.794. The summed E-state index contributed by atoms with van der Waals surface area (Å²) in [5.74, 6) is -0.543. The van der Waals surface area contributed by atoms with Crippen LogP contribution in [-0.2, 0) is 14.3 Å². The van der Waals surface area contributed by atoms with E-state index in [-0.39, 0.29) is 0 Å². The number of hydrogen-bond donors (Lipinski definition) is 0. The van der Waals surface area contributed by atoms with Crippen LogP contribution in [0.1, 0.15) is 37.9 Å². The number of carbonyl (C=O) groups excluding carboxylic acids is 2. The molecule has 0 saturated heterocycles. The molecule has 0 bridgehead atoms. The number of carbonyl (C=O) groups is 2. The van der Waals surface area contributed by atoms with Gasteiger partial charge in [-0.15, -0.1) is 0 Å². The highest BCUT2D eigenvalue weighted by Crippen LogP contribution is 2.27. The maximum atomic E-state index is 12.2. The lowest BCUT2D eigenvalue weighted by Crippen LogP contribution is -2.40. The van der Waals surface area contributed by atoms with E-state index in [9.17, 15) is 9.59 Å². The van der Waals surface area contributed by atoms with Gasteiger partial charge in [0, 0.05) is 12.1 Å². The molecule has 0 aliphatic heterocycles. The van der Waals surface area contributed by atoms with Crippen molar-refractivity contribution in [1.82, 2.24) is 4.90 Å². The topological polar surface area (TPSA) is 55.8 Å². The van der Waals surface area contributed by atoms with Crippen LogP contribution in [0.15, 0.2) is 18.2 Å². The van der Waals surface area contributed by atoms with E-state index in [4.69, 9.17) is 21.1 Å². The van der Waals surface area contributed by atoms with Crippen molar-refractivity contribution in [2.24, 2.45) is 0 Å². The Morgan fingerprint density at radius 3 is 2.32 bits per heavy atom. The molecule has 1 rings (SSSR count). The molecule has 0 N–H and O–H groups in total. The van der Waals surface area contributed by atoms with Gasteiger partial charge in [0.1, 0.15) is 5.60 Å². The highest BCUT2D eigenvalue weighted by Gasteiger charge is 2.33. The summed E-state index contributed by atoms with van der Waals surface area (Å²) in [5.41, 5.74) is 0.782. The molecule has 0 heterocycles. The van der Waals surface area contributed by atoms with Crippen LogP contribution in [0.4, 0.5) is 4.79 Å². The van der Waals surface area contributed by atoms with Gasteiger partial charge >= 0.3 is 12.1 Å². The molecule has 0 aromatic heterocycles. The minimum Gasteiger partial charge on any atom is -0.467 e. The van der Waals surface area contributed by atoms with Gasteiger partial charge < -0.3 is 9.47 Å². The van der Waals surface area contributed by atoms with Gasteiger partial charge in [-0.1, -0.05) is 17.7 Å². The summed E-state index contributed by atoms with van der Waals surface area (Å²) < 4.78 is 10.1. The summed E-state index contributed by atoms with van der Waals surface area (Å²) in [6.07, 6.45) is -0.600. The third-order valence-corrected chi connectivity index (χ3v) is 3.25. The summed E-state index contributed by atoms with van der Waals surface area (Å²) in [7, 11) is 2.78. The molecule has 122 valence electrons. The van der Waals surface area contributed by atoms with Crippen molar-refractivity contribution in [2.75, 3.05) is 14.2 Å². The van der Waals surface area contributed by atoms with Crippen LogP contribution in [0.2, 0.25) is 5.02 Å². The van der Waals surface area contributed by atoms with Crippen molar-refractivity contribution in [2.45, 2.75) is 39.3 Å². The number of nitrogens with zero attached hydrogens (tertiary/aromatic N) is 1. The van der Waals surface area contributed by atoms with E-state index in [1.165, 1.54) is 19.1 Å². The minimum absolute atomic E-state index is 0.543. The molecule has 0 aliphatic carbocycles. The molecular weight excluding hydrogens is 306 g/mol. The van der Waals surface area contributed by atoms with Crippen LogP contribution in [0, 0.1) is 6.92 Å². The standard InChI is InChI=1S/C16H22ClNO4/c1-10-9-11(17)7-8-12(10)13(14(19)21-6)18(5)15(20)22-16(2,3)4/h7-9,13H,1-6H3. The van der Waals surface area contributed by atoms with Gasteiger partial charge in [0.25, 0.3) is 0 Å². The molecular formula is C16H22ClNO4. The third kappa shape index (κ3) is 4.63. The second-order valence-electron chi connectivity index (χ2n) is 6.02. The van der Waals surface area contributed by atoms with Gasteiger partial charge in [0.2, 0.25) is 0 Å². The van der Waals surface area contributed by atoms with E-state index < -0.39 is 23.7 Å². The molecule has 1 aromatic rings. The van der Waals surface area contributed by atoms with Crippen molar-refractivity contribution >= 4 is 23.7 Å². The minimum atomic E-state index is -0.892. The number of aryl methyl sites for hydroxylation is 1. The zero-order chi connectivity index (χ0) is 17.1. The second kappa shape index (κ2) is 7.01. The van der Waals surface area contributed by atoms with Gasteiger partial charge in [-0.2, -0.15) is 0 Å². The van der Waals surface area contributed by atoms with Crippen molar-refractivity contribution in [3.05, 3.63) is 34.3 Å². The van der Waals surface area contributed by atoms with Crippen molar-refractivity contribution in [3.63, 3.8) is 0 Å². The predicted molar refractivity (Wildman–Crippen MR) is 84.9 cm³/mol. The summed E-state index contributed by atoms with van der Waals surface area (Å²) >= 11 is 5.94. The zero-order valence-corrected chi connectivity index (χ0v) is 14.5. The summed E-state index contributed by atoms with van der Waals surface area (Å²) in [6, 6.07) is 4.22. The van der Waals surface area contributed by atoms with Crippen LogP contribution in [0.25, 0.3) is 0 Å². The zero-order valence-electron chi connectivity index (χ0n) is 13.8. The van der Waals surface area contributed by atoms with Crippen LogP contribution in [0.5, 0.6) is 0 Å². The Labute approximate surface area is 136 Å². The van der Waals surface area contributed by atoms with Crippen molar-refractivity contribution in [3.8, 4) is 0 Å². The lowest BCUT2D eigenvalue weighted by molar-refractivity contribution is -0.146. The molecule has 22 heavy (non-hydrogen) atoms. The summed E-state index contributed by atoms with van der Waals surface area (Å²) in [5, 5.41) is 0.560. The first-order valence-electron chi connectivity index (χ1n) is 6.86. The van der Waals surface area contributed by atoms with Gasteiger partial charge in [0.05, 0.1) is 7.11 Å². The number of esters is 1. The fourth-order valence-corrected chi connectivity index (χ4v) is 2.22. The second-order valence-corrected chi connectivity index (χ2v) is 6.45. The Hall–Kier alpha value is -1.75. The molecule has 1 aromatic carbocycles. The first kappa shape index (κ1) is 18.3. The summed E-state index contributed by atoms with van der Waals surface area (Å²) in [6.45, 7) is 7.11. The van der Waals surface area contributed by atoms with Crippen molar-refractivity contribution in [1.29, 1.82) is 0 Å². The number of likely N-dealkylation sites (N-methyl/N-ethyl adjacent to an activating group) is 1. The molecule has 0 aliphatic rings. The highest BCUT2D eigenvalue weighted by molar-refractivity contribution is 6.30. The number of benzene rings is 1. The smallest absolute Gasteiger partial charge is 0.411 e. The molecule has 0 radical (unpaired) electrons. The normalized spacial score (nSPS) is 12.5. The van der Waals surface area contributed by atoms with E-state index in [1.807, 2.05) is 6.92 Å². The molecule has 1 amide bonds. The fourth-order valence-electron chi connectivity index (χ4n) is 1.99. The summed E-state index contributed by atoms with van der Waals surface area (Å²) in [4.78, 5) is 25.6. The van der Waals surface area contributed by atoms with E-state index in [1.54, 1.807) is 39.0 Å².